The van der Waals surface area contributed by atoms with Gasteiger partial charge in [-0.05, 0) is 73.9 Å². The molecule has 0 fully saturated rings. The Morgan fingerprint density at radius 2 is 1.57 bits per heavy atom. The minimum Gasteiger partial charge on any atom is -0.436 e. The number of H-pyrrole nitrogens is 1. The molecule has 0 aliphatic rings. The fourth-order valence-electron chi connectivity index (χ4n) is 3.26. The number of aryl methyl sites for hydroxylation is 3. The van der Waals surface area contributed by atoms with Crippen LogP contribution in [0.1, 0.15) is 27.8 Å². The third kappa shape index (κ3) is 3.52. The Bertz CT molecular complexity index is 1320. The number of fused-ring (bicyclic) bond motifs is 1. The molecule has 4 rings (SSSR count). The fraction of sp³-hybridized carbons (Fsp3) is 0.130. The number of ether oxygens (including phenoxy) is 1. The molecule has 146 valence electrons. The second kappa shape index (κ2) is 7.57. The van der Waals surface area contributed by atoms with E-state index in [1.165, 1.54) is 0 Å². The Morgan fingerprint density at radius 3 is 2.20 bits per heavy atom. The number of nitrogens with one attached hydrogen (secondary N) is 2. The van der Waals surface area contributed by atoms with Gasteiger partial charge in [0.05, 0.1) is 23.3 Å². The molecular formula is C23H18N6O. The summed E-state index contributed by atoms with van der Waals surface area (Å²) in [5.41, 5.74) is 6.04. The summed E-state index contributed by atoms with van der Waals surface area (Å²) in [4.78, 5) is 12.4. The van der Waals surface area contributed by atoms with E-state index >= 15 is 0 Å². The van der Waals surface area contributed by atoms with Crippen molar-refractivity contribution in [3.63, 3.8) is 0 Å². The van der Waals surface area contributed by atoms with E-state index in [2.05, 4.69) is 32.4 Å². The lowest BCUT2D eigenvalue weighted by Crippen LogP contribution is -2.01. The van der Waals surface area contributed by atoms with E-state index in [4.69, 9.17) is 10.00 Å². The number of nitrogens with zero attached hydrogens (tertiary/aromatic N) is 4. The van der Waals surface area contributed by atoms with E-state index in [0.717, 1.165) is 27.9 Å². The molecule has 30 heavy (non-hydrogen) atoms. The first-order valence-corrected chi connectivity index (χ1v) is 9.30. The average molecular weight is 394 g/mol. The van der Waals surface area contributed by atoms with Crippen LogP contribution < -0.4 is 10.1 Å². The van der Waals surface area contributed by atoms with E-state index in [-0.39, 0.29) is 0 Å². The van der Waals surface area contributed by atoms with E-state index in [1.807, 2.05) is 27.0 Å². The Kier molecular flexibility index (Phi) is 4.79. The zero-order valence-corrected chi connectivity index (χ0v) is 16.7. The van der Waals surface area contributed by atoms with E-state index in [9.17, 15) is 5.26 Å². The second-order valence-corrected chi connectivity index (χ2v) is 7.01. The summed E-state index contributed by atoms with van der Waals surface area (Å²) in [7, 11) is 0. The highest BCUT2D eigenvalue weighted by molar-refractivity contribution is 5.85. The van der Waals surface area contributed by atoms with Crippen molar-refractivity contribution in [2.45, 2.75) is 20.8 Å². The van der Waals surface area contributed by atoms with Gasteiger partial charge in [-0.1, -0.05) is 0 Å². The number of rotatable bonds is 4. The van der Waals surface area contributed by atoms with Gasteiger partial charge in [0.25, 0.3) is 0 Å². The third-order valence-corrected chi connectivity index (χ3v) is 4.74. The number of hydrogen-bond donors (Lipinski definition) is 2. The second-order valence-electron chi connectivity index (χ2n) is 7.01. The van der Waals surface area contributed by atoms with Crippen LogP contribution in [-0.4, -0.2) is 15.0 Å². The average Bonchev–Trinajstić information content (AvgIpc) is 3.12. The maximum Gasteiger partial charge on any atom is 0.248 e. The molecule has 2 heterocycles. The number of nitriles is 2. The number of aromatic nitrogens is 3. The first kappa shape index (κ1) is 19.0. The summed E-state index contributed by atoms with van der Waals surface area (Å²) in [6, 6.07) is 14.9. The molecule has 0 aliphatic heterocycles. The molecule has 2 N–H and O–H groups in total. The molecule has 7 heteroatoms. The van der Waals surface area contributed by atoms with Gasteiger partial charge in [-0.3, -0.25) is 0 Å². The number of hydrogen-bond acceptors (Lipinski definition) is 6. The molecule has 0 spiro atoms. The Balaban J connectivity index is 1.76. The van der Waals surface area contributed by atoms with Crippen molar-refractivity contribution in [1.82, 2.24) is 15.0 Å². The summed E-state index contributed by atoms with van der Waals surface area (Å²) < 4.78 is 6.21. The van der Waals surface area contributed by atoms with Crippen LogP contribution in [-0.2, 0) is 0 Å². The highest BCUT2D eigenvalue weighted by Crippen LogP contribution is 2.34. The molecule has 2 aromatic carbocycles. The lowest BCUT2D eigenvalue weighted by Gasteiger charge is -2.13. The highest BCUT2D eigenvalue weighted by Gasteiger charge is 2.16. The number of benzene rings is 2. The van der Waals surface area contributed by atoms with Crippen LogP contribution >= 0.6 is 0 Å². The van der Waals surface area contributed by atoms with Crippen LogP contribution in [0, 0.1) is 43.4 Å². The number of anilines is 2. The Labute approximate surface area is 173 Å². The van der Waals surface area contributed by atoms with Crippen molar-refractivity contribution in [3.8, 4) is 23.8 Å². The van der Waals surface area contributed by atoms with Crippen LogP contribution in [0.4, 0.5) is 11.6 Å². The topological polar surface area (TPSA) is 110 Å². The summed E-state index contributed by atoms with van der Waals surface area (Å²) in [6.45, 7) is 5.76. The summed E-state index contributed by atoms with van der Waals surface area (Å²) in [5.74, 6) is 1.43. The zero-order valence-electron chi connectivity index (χ0n) is 16.7. The molecule has 0 bridgehead atoms. The van der Waals surface area contributed by atoms with Crippen LogP contribution in [0.3, 0.4) is 0 Å². The normalized spacial score (nSPS) is 10.4. The molecule has 7 nitrogen and oxygen atoms in total. The Morgan fingerprint density at radius 1 is 0.900 bits per heavy atom. The van der Waals surface area contributed by atoms with Gasteiger partial charge in [0.15, 0.2) is 0 Å². The fourth-order valence-corrected chi connectivity index (χ4v) is 3.26. The zero-order chi connectivity index (χ0) is 21.3. The van der Waals surface area contributed by atoms with Crippen molar-refractivity contribution < 1.29 is 4.74 Å². The van der Waals surface area contributed by atoms with Gasteiger partial charge in [-0.15, -0.1) is 0 Å². The molecule has 0 amide bonds. The predicted octanol–water partition coefficient (Wildman–Crippen LogP) is 5.16. The van der Waals surface area contributed by atoms with Gasteiger partial charge in [-0.25, -0.2) is 4.98 Å². The molecule has 0 aliphatic carbocycles. The van der Waals surface area contributed by atoms with E-state index in [0.29, 0.717) is 34.2 Å². The predicted molar refractivity (Wildman–Crippen MR) is 114 cm³/mol. The maximum absolute atomic E-state index is 9.18. The summed E-state index contributed by atoms with van der Waals surface area (Å²) in [5, 5.41) is 21.3. The third-order valence-electron chi connectivity index (χ3n) is 4.74. The molecule has 0 saturated heterocycles. The Hall–Kier alpha value is -4.36. The molecule has 4 aromatic rings. The van der Waals surface area contributed by atoms with Gasteiger partial charge in [-0.2, -0.15) is 15.5 Å². The largest absolute Gasteiger partial charge is 0.436 e. The van der Waals surface area contributed by atoms with Crippen molar-refractivity contribution in [1.29, 1.82) is 10.5 Å². The molecule has 0 atom stereocenters. The molecule has 0 radical (unpaired) electrons. The molecule has 2 aromatic heterocycles. The number of aromatic amines is 1. The first-order chi connectivity index (χ1) is 14.5. The van der Waals surface area contributed by atoms with E-state index in [1.54, 1.807) is 36.4 Å². The van der Waals surface area contributed by atoms with Gasteiger partial charge < -0.3 is 15.0 Å². The first-order valence-electron chi connectivity index (χ1n) is 9.30. The highest BCUT2D eigenvalue weighted by atomic mass is 16.5. The van der Waals surface area contributed by atoms with Crippen molar-refractivity contribution >= 4 is 22.7 Å². The standard InChI is InChI=1S/C23H18N6O/c1-13-8-17(11-25)9-14(2)21(13)30-22-20-19(15(3)12-26-20)28-23(29-22)27-18-6-4-16(10-24)5-7-18/h4-9,12,26H,1-3H3,(H,27,28,29). The van der Waals surface area contributed by atoms with Crippen LogP contribution in [0.25, 0.3) is 11.0 Å². The minimum absolute atomic E-state index is 0.383. The van der Waals surface area contributed by atoms with Gasteiger partial charge >= 0.3 is 0 Å². The van der Waals surface area contributed by atoms with E-state index < -0.39 is 0 Å². The van der Waals surface area contributed by atoms with Crippen molar-refractivity contribution in [2.75, 3.05) is 5.32 Å². The molecule has 0 unspecified atom stereocenters. The van der Waals surface area contributed by atoms with Gasteiger partial charge in [0.2, 0.25) is 11.8 Å². The van der Waals surface area contributed by atoms with Gasteiger partial charge in [0, 0.05) is 11.9 Å². The lowest BCUT2D eigenvalue weighted by atomic mass is 10.1. The van der Waals surface area contributed by atoms with Gasteiger partial charge in [0.1, 0.15) is 16.8 Å². The maximum atomic E-state index is 9.18. The summed E-state index contributed by atoms with van der Waals surface area (Å²) >= 11 is 0. The minimum atomic E-state index is 0.383. The van der Waals surface area contributed by atoms with Crippen LogP contribution in [0.15, 0.2) is 42.6 Å². The van der Waals surface area contributed by atoms with Crippen LogP contribution in [0.5, 0.6) is 11.6 Å². The molecular weight excluding hydrogens is 376 g/mol. The van der Waals surface area contributed by atoms with Crippen molar-refractivity contribution in [2.24, 2.45) is 0 Å². The van der Waals surface area contributed by atoms with Crippen LogP contribution in [0.2, 0.25) is 0 Å². The smallest absolute Gasteiger partial charge is 0.248 e. The van der Waals surface area contributed by atoms with Crippen molar-refractivity contribution in [3.05, 3.63) is 70.4 Å². The monoisotopic (exact) mass is 394 g/mol. The quantitative estimate of drug-likeness (QED) is 0.494. The SMILES string of the molecule is Cc1cc(C#N)cc(C)c1Oc1nc(Nc2ccc(C#N)cc2)nc2c(C)c[nH]c12. The molecule has 0 saturated carbocycles. The lowest BCUT2D eigenvalue weighted by molar-refractivity contribution is 0.461. The summed E-state index contributed by atoms with van der Waals surface area (Å²) in [6.07, 6.45) is 1.86.